The maximum absolute atomic E-state index is 12.8. The Bertz CT molecular complexity index is 694. The number of piperazine rings is 1. The van der Waals surface area contributed by atoms with Gasteiger partial charge in [0.25, 0.3) is 5.91 Å². The number of nitrogens with zero attached hydrogens (tertiary/aromatic N) is 1. The minimum atomic E-state index is -3.46. The van der Waals surface area contributed by atoms with Gasteiger partial charge in [0.05, 0.1) is 31.1 Å². The Morgan fingerprint density at radius 1 is 1.15 bits per heavy atom. The lowest BCUT2D eigenvalue weighted by atomic mass is 10.0. The minimum absolute atomic E-state index is 0.0571. The number of sulfonamides is 1. The summed E-state index contributed by atoms with van der Waals surface area (Å²) in [6.07, 6.45) is 3.28. The van der Waals surface area contributed by atoms with Crippen LogP contribution in [0.5, 0.6) is 0 Å². The second-order valence-corrected chi connectivity index (χ2v) is 9.55. The number of carbonyl (C=O) groups excluding carboxylic acids is 1. The van der Waals surface area contributed by atoms with E-state index in [-0.39, 0.29) is 5.91 Å². The van der Waals surface area contributed by atoms with Crippen LogP contribution in [0.3, 0.4) is 0 Å². The van der Waals surface area contributed by atoms with Crippen molar-refractivity contribution in [3.63, 3.8) is 0 Å². The van der Waals surface area contributed by atoms with E-state index in [1.165, 1.54) is 0 Å². The highest BCUT2D eigenvalue weighted by Gasteiger charge is 2.31. The van der Waals surface area contributed by atoms with Crippen LogP contribution in [0.2, 0.25) is 0 Å². The van der Waals surface area contributed by atoms with Gasteiger partial charge in [0, 0.05) is 6.54 Å². The molecule has 1 amide bonds. The van der Waals surface area contributed by atoms with Gasteiger partial charge in [-0.15, -0.1) is 0 Å². The number of hydrogen-bond acceptors (Lipinski definition) is 3. The van der Waals surface area contributed by atoms with Crippen LogP contribution in [0, 0.1) is 0 Å². The molecule has 1 aromatic carbocycles. The molecule has 0 bridgehead atoms. The fraction of sp³-hybridized carbons (Fsp3) is 0.650. The third kappa shape index (κ3) is 6.30. The molecule has 1 aliphatic rings. The standard InChI is InChI=1S/C20H33N3O3S/c1-4-5-6-11-21-20(24)16-22-12-14-23(15-13-22)27(25,26)19-9-7-18(8-10-19)17(2)3/h7-10,17H,4-6,11-16H2,1-3H3,(H,21,24)/p+1. The Balaban J connectivity index is 1.84. The first-order valence-electron chi connectivity index (χ1n) is 10.0. The molecule has 6 nitrogen and oxygen atoms in total. The number of carbonyl (C=O) groups is 1. The maximum atomic E-state index is 12.8. The molecule has 2 N–H and O–H groups in total. The largest absolute Gasteiger partial charge is 0.351 e. The zero-order chi connectivity index (χ0) is 19.9. The van der Waals surface area contributed by atoms with E-state index in [0.29, 0.717) is 43.5 Å². The molecular formula is C20H34N3O3S+. The van der Waals surface area contributed by atoms with E-state index in [1.54, 1.807) is 16.4 Å². The fourth-order valence-electron chi connectivity index (χ4n) is 3.29. The quantitative estimate of drug-likeness (QED) is 0.612. The van der Waals surface area contributed by atoms with Gasteiger partial charge in [-0.1, -0.05) is 45.7 Å². The first-order valence-corrected chi connectivity index (χ1v) is 11.5. The zero-order valence-corrected chi connectivity index (χ0v) is 17.6. The van der Waals surface area contributed by atoms with Crippen molar-refractivity contribution in [3.8, 4) is 0 Å². The summed E-state index contributed by atoms with van der Waals surface area (Å²) in [5.41, 5.74) is 1.13. The summed E-state index contributed by atoms with van der Waals surface area (Å²) in [5.74, 6) is 0.434. The molecule has 1 saturated heterocycles. The average Bonchev–Trinajstić information content (AvgIpc) is 2.66. The van der Waals surface area contributed by atoms with Crippen molar-refractivity contribution >= 4 is 15.9 Å². The molecular weight excluding hydrogens is 362 g/mol. The molecule has 1 fully saturated rings. The molecule has 27 heavy (non-hydrogen) atoms. The van der Waals surface area contributed by atoms with Gasteiger partial charge in [-0.2, -0.15) is 4.31 Å². The molecule has 1 heterocycles. The van der Waals surface area contributed by atoms with Crippen LogP contribution >= 0.6 is 0 Å². The number of benzene rings is 1. The minimum Gasteiger partial charge on any atom is -0.351 e. The molecule has 2 rings (SSSR count). The highest BCUT2D eigenvalue weighted by atomic mass is 32.2. The first-order chi connectivity index (χ1) is 12.8. The molecule has 152 valence electrons. The number of nitrogens with one attached hydrogen (secondary N) is 2. The third-order valence-electron chi connectivity index (χ3n) is 5.13. The second kappa shape index (κ2) is 10.2. The van der Waals surface area contributed by atoms with Crippen molar-refractivity contribution in [1.82, 2.24) is 9.62 Å². The molecule has 1 aliphatic heterocycles. The molecule has 0 atom stereocenters. The van der Waals surface area contributed by atoms with Gasteiger partial charge in [0.15, 0.2) is 6.54 Å². The lowest BCUT2D eigenvalue weighted by molar-refractivity contribution is -0.895. The van der Waals surface area contributed by atoms with Crippen LogP contribution in [0.25, 0.3) is 0 Å². The molecule has 0 unspecified atom stereocenters. The van der Waals surface area contributed by atoms with Gasteiger partial charge in [-0.3, -0.25) is 4.79 Å². The summed E-state index contributed by atoms with van der Waals surface area (Å²) in [7, 11) is -3.46. The molecule has 7 heteroatoms. The highest BCUT2D eigenvalue weighted by molar-refractivity contribution is 7.89. The lowest BCUT2D eigenvalue weighted by Crippen LogP contribution is -3.15. The molecule has 0 aliphatic carbocycles. The van der Waals surface area contributed by atoms with Crippen molar-refractivity contribution in [2.24, 2.45) is 0 Å². The summed E-state index contributed by atoms with van der Waals surface area (Å²) >= 11 is 0. The Morgan fingerprint density at radius 3 is 2.33 bits per heavy atom. The first kappa shape index (κ1) is 21.9. The van der Waals surface area contributed by atoms with Crippen LogP contribution < -0.4 is 10.2 Å². The van der Waals surface area contributed by atoms with Crippen molar-refractivity contribution in [3.05, 3.63) is 29.8 Å². The fourth-order valence-corrected chi connectivity index (χ4v) is 4.73. The predicted molar refractivity (Wildman–Crippen MR) is 107 cm³/mol. The van der Waals surface area contributed by atoms with Gasteiger partial charge >= 0.3 is 0 Å². The number of hydrogen-bond donors (Lipinski definition) is 2. The van der Waals surface area contributed by atoms with Gasteiger partial charge in [-0.05, 0) is 30.0 Å². The van der Waals surface area contributed by atoms with Crippen LogP contribution in [0.4, 0.5) is 0 Å². The molecule has 0 radical (unpaired) electrons. The van der Waals surface area contributed by atoms with Crippen LogP contribution in [0.15, 0.2) is 29.2 Å². The van der Waals surface area contributed by atoms with E-state index in [9.17, 15) is 13.2 Å². The molecule has 0 saturated carbocycles. The monoisotopic (exact) mass is 396 g/mol. The number of unbranched alkanes of at least 4 members (excludes halogenated alkanes) is 2. The smallest absolute Gasteiger partial charge is 0.275 e. The van der Waals surface area contributed by atoms with Crippen LogP contribution in [-0.4, -0.2) is 57.9 Å². The summed E-state index contributed by atoms with van der Waals surface area (Å²) in [4.78, 5) is 13.5. The number of quaternary nitrogens is 1. The van der Waals surface area contributed by atoms with Crippen molar-refractivity contribution in [1.29, 1.82) is 0 Å². The number of amides is 1. The Kier molecular flexibility index (Phi) is 8.26. The van der Waals surface area contributed by atoms with Crippen molar-refractivity contribution < 1.29 is 18.1 Å². The van der Waals surface area contributed by atoms with Gasteiger partial charge in [-0.25, -0.2) is 8.42 Å². The normalized spacial score (nSPS) is 16.6. The highest BCUT2D eigenvalue weighted by Crippen LogP contribution is 2.20. The van der Waals surface area contributed by atoms with E-state index in [1.807, 2.05) is 12.1 Å². The van der Waals surface area contributed by atoms with Crippen LogP contribution in [-0.2, 0) is 14.8 Å². The van der Waals surface area contributed by atoms with Gasteiger partial charge < -0.3 is 10.2 Å². The maximum Gasteiger partial charge on any atom is 0.275 e. The summed E-state index contributed by atoms with van der Waals surface area (Å²) < 4.78 is 27.2. The van der Waals surface area contributed by atoms with E-state index in [4.69, 9.17) is 0 Å². The molecule has 0 aromatic heterocycles. The van der Waals surface area contributed by atoms with E-state index >= 15 is 0 Å². The Hall–Kier alpha value is -1.44. The lowest BCUT2D eigenvalue weighted by Gasteiger charge is -2.31. The van der Waals surface area contributed by atoms with E-state index in [0.717, 1.165) is 36.3 Å². The van der Waals surface area contributed by atoms with Gasteiger partial charge in [0.1, 0.15) is 0 Å². The molecule has 1 aromatic rings. The van der Waals surface area contributed by atoms with Crippen molar-refractivity contribution in [2.45, 2.75) is 50.8 Å². The second-order valence-electron chi connectivity index (χ2n) is 7.61. The summed E-state index contributed by atoms with van der Waals surface area (Å²) in [5, 5.41) is 2.95. The van der Waals surface area contributed by atoms with Crippen molar-refractivity contribution in [2.75, 3.05) is 39.3 Å². The Morgan fingerprint density at radius 2 is 1.78 bits per heavy atom. The van der Waals surface area contributed by atoms with E-state index < -0.39 is 10.0 Å². The summed E-state index contributed by atoms with van der Waals surface area (Å²) in [6, 6.07) is 7.19. The van der Waals surface area contributed by atoms with Gasteiger partial charge in [0.2, 0.25) is 10.0 Å². The van der Waals surface area contributed by atoms with Crippen LogP contribution in [0.1, 0.15) is 51.5 Å². The average molecular weight is 397 g/mol. The molecule has 0 spiro atoms. The third-order valence-corrected chi connectivity index (χ3v) is 7.04. The SMILES string of the molecule is CCCCCNC(=O)C[NH+]1CCN(S(=O)(=O)c2ccc(C(C)C)cc2)CC1. The summed E-state index contributed by atoms with van der Waals surface area (Å²) in [6.45, 7) is 9.68. The van der Waals surface area contributed by atoms with E-state index in [2.05, 4.69) is 26.1 Å². The number of rotatable bonds is 9. The zero-order valence-electron chi connectivity index (χ0n) is 16.8. The predicted octanol–water partition coefficient (Wildman–Crippen LogP) is 1.01. The topological polar surface area (TPSA) is 70.9 Å². The Labute approximate surface area is 164 Å².